The second kappa shape index (κ2) is 3.46. The zero-order valence-corrected chi connectivity index (χ0v) is 7.47. The molecule has 0 aromatic rings. The fourth-order valence-corrected chi connectivity index (χ4v) is 1.39. The molecule has 0 radical (unpaired) electrons. The van der Waals surface area contributed by atoms with Gasteiger partial charge in [0.05, 0.1) is 17.8 Å². The highest BCUT2D eigenvalue weighted by Gasteiger charge is 2.08. The molecule has 1 aliphatic carbocycles. The average Bonchev–Trinajstić information content (AvgIpc) is 2.34. The van der Waals surface area contributed by atoms with Gasteiger partial charge in [0.25, 0.3) is 0 Å². The van der Waals surface area contributed by atoms with Crippen LogP contribution in [-0.2, 0) is 11.2 Å². The lowest BCUT2D eigenvalue weighted by atomic mass is 10.2. The summed E-state index contributed by atoms with van der Waals surface area (Å²) in [6, 6.07) is 11.3. The van der Waals surface area contributed by atoms with Crippen molar-refractivity contribution in [2.75, 3.05) is 0 Å². The molecule has 0 amide bonds. The quantitative estimate of drug-likeness (QED) is 0.780. The van der Waals surface area contributed by atoms with Crippen LogP contribution in [0.15, 0.2) is 36.4 Å². The molecule has 3 nitrogen and oxygen atoms in total. The van der Waals surface area contributed by atoms with Crippen LogP contribution >= 0.6 is 0 Å². The van der Waals surface area contributed by atoms with Gasteiger partial charge in [-0.2, -0.15) is 0 Å². The molecule has 1 heterocycles. The van der Waals surface area contributed by atoms with E-state index in [9.17, 15) is 4.79 Å². The van der Waals surface area contributed by atoms with Gasteiger partial charge in [-0.05, 0) is 12.1 Å². The van der Waals surface area contributed by atoms with E-state index in [1.807, 2.05) is 36.4 Å². The molecule has 2 aliphatic rings. The first-order valence-corrected chi connectivity index (χ1v) is 4.32. The summed E-state index contributed by atoms with van der Waals surface area (Å²) in [6.45, 7) is 0. The fraction of sp³-hybridized carbons (Fsp3) is 0.0909. The van der Waals surface area contributed by atoms with Gasteiger partial charge in [-0.3, -0.25) is 9.78 Å². The molecule has 0 fully saturated rings. The van der Waals surface area contributed by atoms with Crippen molar-refractivity contribution < 1.29 is 9.90 Å². The minimum Gasteiger partial charge on any atom is -0.481 e. The number of hydrogen-bond donors (Lipinski definition) is 1. The molecule has 0 aromatic heterocycles. The highest BCUT2D eigenvalue weighted by atomic mass is 16.4. The van der Waals surface area contributed by atoms with Gasteiger partial charge >= 0.3 is 5.97 Å². The number of aromatic nitrogens is 1. The van der Waals surface area contributed by atoms with Gasteiger partial charge < -0.3 is 5.11 Å². The van der Waals surface area contributed by atoms with Crippen molar-refractivity contribution in [1.29, 1.82) is 0 Å². The molecule has 0 bridgehead atoms. The Morgan fingerprint density at radius 2 is 2.07 bits per heavy atom. The Morgan fingerprint density at radius 1 is 1.29 bits per heavy atom. The molecular weight excluding hydrogens is 178 g/mol. The first-order valence-electron chi connectivity index (χ1n) is 4.32. The molecule has 0 spiro atoms. The molecular formula is C11H9NO2. The van der Waals surface area contributed by atoms with Crippen LogP contribution < -0.4 is 0 Å². The monoisotopic (exact) mass is 187 g/mol. The molecule has 0 saturated carbocycles. The van der Waals surface area contributed by atoms with Gasteiger partial charge in [0.1, 0.15) is 0 Å². The van der Waals surface area contributed by atoms with Crippen LogP contribution in [0.4, 0.5) is 0 Å². The summed E-state index contributed by atoms with van der Waals surface area (Å²) >= 11 is 0. The highest BCUT2D eigenvalue weighted by molar-refractivity contribution is 5.72. The zero-order chi connectivity index (χ0) is 9.97. The molecule has 1 N–H and O–H groups in total. The van der Waals surface area contributed by atoms with E-state index in [1.54, 1.807) is 0 Å². The van der Waals surface area contributed by atoms with Crippen molar-refractivity contribution in [1.82, 2.24) is 4.98 Å². The van der Waals surface area contributed by atoms with Gasteiger partial charge in [0, 0.05) is 5.56 Å². The summed E-state index contributed by atoms with van der Waals surface area (Å²) in [4.78, 5) is 14.7. The van der Waals surface area contributed by atoms with Crippen molar-refractivity contribution in [2.45, 2.75) is 6.42 Å². The van der Waals surface area contributed by atoms with Crippen LogP contribution in [0.5, 0.6) is 0 Å². The molecule has 3 heteroatoms. The largest absolute Gasteiger partial charge is 0.481 e. The lowest BCUT2D eigenvalue weighted by Crippen LogP contribution is -1.99. The van der Waals surface area contributed by atoms with Gasteiger partial charge in [-0.15, -0.1) is 0 Å². The van der Waals surface area contributed by atoms with Crippen molar-refractivity contribution in [3.8, 4) is 11.3 Å². The summed E-state index contributed by atoms with van der Waals surface area (Å²) in [5.74, 6) is -0.850. The number of hydrogen-bond acceptors (Lipinski definition) is 2. The number of aliphatic carboxylic acids is 1. The van der Waals surface area contributed by atoms with Crippen LogP contribution in [0.2, 0.25) is 0 Å². The van der Waals surface area contributed by atoms with Crippen LogP contribution in [0.3, 0.4) is 0 Å². The van der Waals surface area contributed by atoms with E-state index in [2.05, 4.69) is 4.98 Å². The second-order valence-electron chi connectivity index (χ2n) is 3.07. The zero-order valence-electron chi connectivity index (χ0n) is 7.47. The predicted molar refractivity (Wildman–Crippen MR) is 52.2 cm³/mol. The van der Waals surface area contributed by atoms with E-state index in [0.717, 1.165) is 11.3 Å². The van der Waals surface area contributed by atoms with E-state index in [4.69, 9.17) is 5.11 Å². The van der Waals surface area contributed by atoms with E-state index in [1.165, 1.54) is 0 Å². The minimum atomic E-state index is -0.850. The Labute approximate surface area is 81.4 Å². The molecule has 0 atom stereocenters. The summed E-state index contributed by atoms with van der Waals surface area (Å²) in [5.41, 5.74) is 2.43. The lowest BCUT2D eigenvalue weighted by molar-refractivity contribution is -0.136. The van der Waals surface area contributed by atoms with Crippen LogP contribution in [0.25, 0.3) is 11.3 Å². The maximum atomic E-state index is 10.5. The van der Waals surface area contributed by atoms with Crippen molar-refractivity contribution in [3.63, 3.8) is 0 Å². The molecule has 14 heavy (non-hydrogen) atoms. The number of carboxylic acid groups (broad SMARTS) is 1. The molecule has 70 valence electrons. The fourth-order valence-electron chi connectivity index (χ4n) is 1.39. The lowest BCUT2D eigenvalue weighted by Gasteiger charge is -1.86. The molecule has 0 aromatic carbocycles. The summed E-state index contributed by atoms with van der Waals surface area (Å²) in [6.07, 6.45) is -0.0155. The van der Waals surface area contributed by atoms with Gasteiger partial charge in [0.15, 0.2) is 0 Å². The minimum absolute atomic E-state index is 0.0155. The summed E-state index contributed by atoms with van der Waals surface area (Å²) in [5, 5.41) is 8.60. The third kappa shape index (κ3) is 1.71. The normalized spacial score (nSPS) is 10.3. The molecule has 0 saturated heterocycles. The van der Waals surface area contributed by atoms with Crippen LogP contribution in [0, 0.1) is 0 Å². The summed E-state index contributed by atoms with van der Waals surface area (Å²) < 4.78 is 0. The number of rotatable bonds is 2. The predicted octanol–water partition coefficient (Wildman–Crippen LogP) is 1.81. The van der Waals surface area contributed by atoms with Crippen LogP contribution in [0.1, 0.15) is 5.69 Å². The Bertz CT molecular complexity index is 409. The molecule has 2 rings (SSSR count). The molecule has 0 unspecified atom stereocenters. The number of nitrogens with zero attached hydrogens (tertiary/aromatic N) is 1. The van der Waals surface area contributed by atoms with Gasteiger partial charge in [0.2, 0.25) is 0 Å². The van der Waals surface area contributed by atoms with Gasteiger partial charge in [-0.25, -0.2) is 0 Å². The maximum Gasteiger partial charge on any atom is 0.309 e. The van der Waals surface area contributed by atoms with E-state index in [0.29, 0.717) is 5.69 Å². The molecule has 1 aliphatic heterocycles. The third-order valence-corrected chi connectivity index (χ3v) is 1.97. The SMILES string of the molecule is O=C(O)Cc1cc2cccccc-2n1. The smallest absolute Gasteiger partial charge is 0.309 e. The Balaban J connectivity index is 2.43. The van der Waals surface area contributed by atoms with Crippen molar-refractivity contribution >= 4 is 5.97 Å². The van der Waals surface area contributed by atoms with E-state index in [-0.39, 0.29) is 6.42 Å². The van der Waals surface area contributed by atoms with E-state index >= 15 is 0 Å². The van der Waals surface area contributed by atoms with Gasteiger partial charge in [-0.1, -0.05) is 24.3 Å². The second-order valence-corrected chi connectivity index (χ2v) is 3.07. The highest BCUT2D eigenvalue weighted by Crippen LogP contribution is 2.20. The van der Waals surface area contributed by atoms with Crippen molar-refractivity contribution in [3.05, 3.63) is 42.1 Å². The maximum absolute atomic E-state index is 10.5. The third-order valence-electron chi connectivity index (χ3n) is 1.97. The first-order chi connectivity index (χ1) is 6.75. The Kier molecular flexibility index (Phi) is 2.14. The summed E-state index contributed by atoms with van der Waals surface area (Å²) in [7, 11) is 0. The van der Waals surface area contributed by atoms with Crippen LogP contribution in [-0.4, -0.2) is 16.1 Å². The van der Waals surface area contributed by atoms with Crippen molar-refractivity contribution in [2.24, 2.45) is 0 Å². The van der Waals surface area contributed by atoms with E-state index < -0.39 is 5.97 Å². The number of fused-ring (bicyclic) bond motifs is 1. The topological polar surface area (TPSA) is 50.2 Å². The Morgan fingerprint density at radius 3 is 2.86 bits per heavy atom. The first kappa shape index (κ1) is 8.69. The standard InChI is InChI=1S/C11H9NO2/c13-11(14)7-9-6-8-4-2-1-3-5-10(8)12-9/h1-6H,7H2,(H,13,14). The number of carbonyl (C=O) groups is 1. The Hall–Kier alpha value is -1.90. The average molecular weight is 187 g/mol. The number of carboxylic acids is 1.